The van der Waals surface area contributed by atoms with Crippen molar-refractivity contribution in [3.8, 4) is 28.7 Å². The zero-order valence-electron chi connectivity index (χ0n) is 16.4. The van der Waals surface area contributed by atoms with Gasteiger partial charge in [-0.2, -0.15) is 0 Å². The highest BCUT2D eigenvalue weighted by molar-refractivity contribution is 7.99. The van der Waals surface area contributed by atoms with Crippen molar-refractivity contribution < 1.29 is 23.4 Å². The molecular weight excluding hydrogens is 451 g/mol. The number of nitrogens with zero attached hydrogens (tertiary/aromatic N) is 2. The predicted octanol–water partition coefficient (Wildman–Crippen LogP) is 5.43. The molecule has 0 saturated carbocycles. The molecule has 7 nitrogen and oxygen atoms in total. The SMILES string of the molecule is CCOc1c(OC)cc(-c2nnc(SCC(=O)c3ccc(Cl)cc3Cl)o2)cc1OC. The van der Waals surface area contributed by atoms with Gasteiger partial charge >= 0.3 is 0 Å². The first kappa shape index (κ1) is 22.3. The van der Waals surface area contributed by atoms with Crippen LogP contribution in [0.2, 0.25) is 10.0 Å². The molecule has 0 aliphatic rings. The van der Waals surface area contributed by atoms with Crippen LogP contribution in [0.25, 0.3) is 11.5 Å². The second kappa shape index (κ2) is 10.1. The van der Waals surface area contributed by atoms with Gasteiger partial charge in [0.05, 0.1) is 31.6 Å². The maximum Gasteiger partial charge on any atom is 0.277 e. The molecule has 0 radical (unpaired) electrons. The van der Waals surface area contributed by atoms with Gasteiger partial charge in [0.1, 0.15) is 0 Å². The summed E-state index contributed by atoms with van der Waals surface area (Å²) in [6.07, 6.45) is 0. The first-order chi connectivity index (χ1) is 14.5. The van der Waals surface area contributed by atoms with Crippen molar-refractivity contribution in [1.29, 1.82) is 0 Å². The molecule has 2 aromatic carbocycles. The Bertz CT molecular complexity index is 1030. The summed E-state index contributed by atoms with van der Waals surface area (Å²) < 4.78 is 22.1. The standard InChI is InChI=1S/C20H18Cl2N2O5S/c1-4-28-18-16(26-2)7-11(8-17(18)27-3)19-23-24-20(29-19)30-10-15(25)13-6-5-12(21)9-14(13)22/h5-9H,4,10H2,1-3H3. The van der Waals surface area contributed by atoms with E-state index in [-0.39, 0.29) is 22.6 Å². The largest absolute Gasteiger partial charge is 0.493 e. The van der Waals surface area contributed by atoms with Gasteiger partial charge in [0.2, 0.25) is 11.6 Å². The molecule has 1 aromatic heterocycles. The molecule has 1 heterocycles. The van der Waals surface area contributed by atoms with Gasteiger partial charge in [-0.25, -0.2) is 0 Å². The number of aromatic nitrogens is 2. The molecule has 3 aromatic rings. The molecule has 0 amide bonds. The average Bonchev–Trinajstić information content (AvgIpc) is 3.21. The zero-order chi connectivity index (χ0) is 21.7. The molecule has 0 fully saturated rings. The number of halogens is 2. The lowest BCUT2D eigenvalue weighted by atomic mass is 10.1. The number of thioether (sulfide) groups is 1. The quantitative estimate of drug-likeness (QED) is 0.303. The second-order valence-corrected chi connectivity index (χ2v) is 7.62. The van der Waals surface area contributed by atoms with Gasteiger partial charge in [-0.05, 0) is 37.3 Å². The molecule has 158 valence electrons. The molecule has 0 aliphatic heterocycles. The molecule has 0 spiro atoms. The van der Waals surface area contributed by atoms with E-state index in [0.29, 0.717) is 45.0 Å². The molecule has 0 N–H and O–H groups in total. The number of ether oxygens (including phenoxy) is 3. The van der Waals surface area contributed by atoms with Gasteiger partial charge < -0.3 is 18.6 Å². The van der Waals surface area contributed by atoms with E-state index in [1.54, 1.807) is 24.3 Å². The average molecular weight is 469 g/mol. The molecule has 0 saturated heterocycles. The van der Waals surface area contributed by atoms with Crippen LogP contribution in [0.1, 0.15) is 17.3 Å². The van der Waals surface area contributed by atoms with Gasteiger partial charge in [0.25, 0.3) is 5.22 Å². The minimum atomic E-state index is -0.175. The monoisotopic (exact) mass is 468 g/mol. The third-order valence-electron chi connectivity index (χ3n) is 3.96. The van der Waals surface area contributed by atoms with Crippen molar-refractivity contribution in [3.63, 3.8) is 0 Å². The van der Waals surface area contributed by atoms with Crippen LogP contribution >= 0.6 is 35.0 Å². The lowest BCUT2D eigenvalue weighted by molar-refractivity contribution is 0.102. The van der Waals surface area contributed by atoms with E-state index in [4.69, 9.17) is 41.8 Å². The molecule has 0 aliphatic carbocycles. The van der Waals surface area contributed by atoms with Gasteiger partial charge in [-0.1, -0.05) is 35.0 Å². The van der Waals surface area contributed by atoms with Crippen LogP contribution in [0.5, 0.6) is 17.2 Å². The van der Waals surface area contributed by atoms with Gasteiger partial charge in [0.15, 0.2) is 17.3 Å². The zero-order valence-corrected chi connectivity index (χ0v) is 18.7. The predicted molar refractivity (Wildman–Crippen MR) is 116 cm³/mol. The highest BCUT2D eigenvalue weighted by atomic mass is 35.5. The number of methoxy groups -OCH3 is 2. The molecule has 0 bridgehead atoms. The summed E-state index contributed by atoms with van der Waals surface area (Å²) in [6.45, 7) is 2.33. The number of carbonyl (C=O) groups excluding carboxylic acids is 1. The van der Waals surface area contributed by atoms with E-state index in [1.165, 1.54) is 20.3 Å². The fourth-order valence-corrected chi connectivity index (χ4v) is 3.76. The van der Waals surface area contributed by atoms with Crippen LogP contribution in [0.3, 0.4) is 0 Å². The minimum Gasteiger partial charge on any atom is -0.493 e. The highest BCUT2D eigenvalue weighted by Gasteiger charge is 2.19. The fraction of sp³-hybridized carbons (Fsp3) is 0.250. The summed E-state index contributed by atoms with van der Waals surface area (Å²) in [5, 5.41) is 9.05. The number of rotatable bonds is 9. The lowest BCUT2D eigenvalue weighted by Gasteiger charge is -2.14. The number of hydrogen-bond donors (Lipinski definition) is 0. The van der Waals surface area contributed by atoms with Crippen LogP contribution in [0, 0.1) is 0 Å². The summed E-state index contributed by atoms with van der Waals surface area (Å²) in [4.78, 5) is 12.4. The Kier molecular flexibility index (Phi) is 7.47. The lowest BCUT2D eigenvalue weighted by Crippen LogP contribution is -2.03. The Morgan fingerprint density at radius 3 is 2.40 bits per heavy atom. The molecule has 30 heavy (non-hydrogen) atoms. The van der Waals surface area contributed by atoms with E-state index in [0.717, 1.165) is 11.8 Å². The van der Waals surface area contributed by atoms with Gasteiger partial charge in [-0.3, -0.25) is 4.79 Å². The molecule has 10 heteroatoms. The second-order valence-electron chi connectivity index (χ2n) is 5.85. The maximum absolute atomic E-state index is 12.4. The molecular formula is C20H18Cl2N2O5S. The Morgan fingerprint density at radius 2 is 1.80 bits per heavy atom. The van der Waals surface area contributed by atoms with Crippen molar-refractivity contribution in [2.45, 2.75) is 12.1 Å². The van der Waals surface area contributed by atoms with E-state index >= 15 is 0 Å². The topological polar surface area (TPSA) is 83.7 Å². The van der Waals surface area contributed by atoms with Crippen molar-refractivity contribution in [1.82, 2.24) is 10.2 Å². The molecule has 0 atom stereocenters. The van der Waals surface area contributed by atoms with E-state index in [9.17, 15) is 4.79 Å². The van der Waals surface area contributed by atoms with Crippen molar-refractivity contribution in [2.75, 3.05) is 26.6 Å². The number of carbonyl (C=O) groups is 1. The third kappa shape index (κ3) is 5.00. The normalized spacial score (nSPS) is 10.7. The Balaban J connectivity index is 1.77. The summed E-state index contributed by atoms with van der Waals surface area (Å²) in [6, 6.07) is 8.16. The number of benzene rings is 2. The number of Topliss-reactive ketones (excluding diaryl/α,β-unsaturated/α-hetero) is 1. The smallest absolute Gasteiger partial charge is 0.277 e. The van der Waals surface area contributed by atoms with E-state index in [2.05, 4.69) is 10.2 Å². The Hall–Kier alpha value is -2.42. The first-order valence-corrected chi connectivity index (χ1v) is 10.5. The minimum absolute atomic E-state index is 0.0822. The summed E-state index contributed by atoms with van der Waals surface area (Å²) in [7, 11) is 3.06. The molecule has 3 rings (SSSR count). The van der Waals surface area contributed by atoms with Crippen LogP contribution in [0.4, 0.5) is 0 Å². The maximum atomic E-state index is 12.4. The Labute approximate surface area is 187 Å². The fourth-order valence-electron chi connectivity index (χ4n) is 2.60. The van der Waals surface area contributed by atoms with Crippen LogP contribution in [-0.2, 0) is 0 Å². The van der Waals surface area contributed by atoms with Gasteiger partial charge in [-0.15, -0.1) is 10.2 Å². The number of ketones is 1. The van der Waals surface area contributed by atoms with Crippen molar-refractivity contribution in [2.24, 2.45) is 0 Å². The summed E-state index contributed by atoms with van der Waals surface area (Å²) in [5.41, 5.74) is 0.980. The number of hydrogen-bond acceptors (Lipinski definition) is 8. The van der Waals surface area contributed by atoms with Gasteiger partial charge in [0, 0.05) is 16.1 Å². The third-order valence-corrected chi connectivity index (χ3v) is 5.33. The van der Waals surface area contributed by atoms with Crippen LogP contribution < -0.4 is 14.2 Å². The summed E-state index contributed by atoms with van der Waals surface area (Å²) in [5.74, 6) is 1.61. The van der Waals surface area contributed by atoms with Crippen LogP contribution in [-0.4, -0.2) is 42.6 Å². The van der Waals surface area contributed by atoms with Crippen molar-refractivity contribution >= 4 is 40.7 Å². The first-order valence-electron chi connectivity index (χ1n) is 8.80. The van der Waals surface area contributed by atoms with E-state index in [1.807, 2.05) is 6.92 Å². The summed E-state index contributed by atoms with van der Waals surface area (Å²) >= 11 is 13.1. The molecule has 0 unspecified atom stereocenters. The van der Waals surface area contributed by atoms with Crippen LogP contribution in [0.15, 0.2) is 40.0 Å². The highest BCUT2D eigenvalue weighted by Crippen LogP contribution is 2.41. The van der Waals surface area contributed by atoms with Crippen molar-refractivity contribution in [3.05, 3.63) is 45.9 Å². The Morgan fingerprint density at radius 1 is 1.10 bits per heavy atom. The van der Waals surface area contributed by atoms with E-state index < -0.39 is 0 Å².